The van der Waals surface area contributed by atoms with E-state index in [4.69, 9.17) is 0 Å². The fraction of sp³-hybridized carbons (Fsp3) is 0.300. The predicted molar refractivity (Wildman–Crippen MR) is 55.3 cm³/mol. The molecule has 1 N–H and O–H groups in total. The van der Waals surface area contributed by atoms with Gasteiger partial charge in [0.1, 0.15) is 0 Å². The smallest absolute Gasteiger partial charge is 0.269 e. The molecule has 0 saturated carbocycles. The van der Waals surface area contributed by atoms with Crippen LogP contribution in [0.2, 0.25) is 0 Å². The number of nitrogens with zero attached hydrogens (tertiary/aromatic N) is 1. The number of benzene rings is 1. The van der Waals surface area contributed by atoms with Gasteiger partial charge in [0.05, 0.1) is 11.0 Å². The van der Waals surface area contributed by atoms with Crippen LogP contribution in [0, 0.1) is 10.1 Å². The van der Waals surface area contributed by atoms with Gasteiger partial charge in [0.25, 0.3) is 5.69 Å². The number of carbonyl (C=O) groups excluding carboxylic acids is 1. The van der Waals surface area contributed by atoms with Gasteiger partial charge < -0.3 is 5.32 Å². The normalized spacial score (nSPS) is 11.9. The number of nitrogens with one attached hydrogen (secondary N) is 1. The number of nitro benzene ring substituents is 1. The van der Waals surface area contributed by atoms with E-state index in [0.717, 1.165) is 5.56 Å². The van der Waals surface area contributed by atoms with Crippen LogP contribution < -0.4 is 5.32 Å². The molecule has 5 nitrogen and oxygen atoms in total. The maximum atomic E-state index is 10.8. The number of non-ortho nitro benzene ring substituents is 1. The van der Waals surface area contributed by atoms with E-state index in [1.165, 1.54) is 19.1 Å². The van der Waals surface area contributed by atoms with Crippen LogP contribution in [0.5, 0.6) is 0 Å². The number of carbonyl (C=O) groups is 1. The molecule has 0 radical (unpaired) electrons. The molecule has 0 unspecified atom stereocenters. The van der Waals surface area contributed by atoms with E-state index in [9.17, 15) is 14.9 Å². The van der Waals surface area contributed by atoms with E-state index in [1.54, 1.807) is 12.1 Å². The molecule has 0 aliphatic heterocycles. The molecule has 80 valence electrons. The highest BCUT2D eigenvalue weighted by molar-refractivity contribution is 5.73. The highest BCUT2D eigenvalue weighted by Crippen LogP contribution is 2.17. The largest absolute Gasteiger partial charge is 0.350 e. The molecule has 0 aliphatic rings. The van der Waals surface area contributed by atoms with Crippen molar-refractivity contribution in [1.82, 2.24) is 5.32 Å². The van der Waals surface area contributed by atoms with Crippen molar-refractivity contribution in [2.75, 3.05) is 0 Å². The number of hydrogen-bond acceptors (Lipinski definition) is 3. The van der Waals surface area contributed by atoms with Gasteiger partial charge in [-0.1, -0.05) is 12.1 Å². The van der Waals surface area contributed by atoms with Gasteiger partial charge in [0.15, 0.2) is 0 Å². The highest BCUT2D eigenvalue weighted by atomic mass is 16.6. The minimum absolute atomic E-state index is 0.0498. The molecular formula is C10H12N2O3. The Kier molecular flexibility index (Phi) is 3.38. The van der Waals surface area contributed by atoms with E-state index in [1.807, 2.05) is 6.92 Å². The lowest BCUT2D eigenvalue weighted by molar-refractivity contribution is -0.384. The topological polar surface area (TPSA) is 72.2 Å². The number of nitro groups is 1. The first kappa shape index (κ1) is 11.2. The molecule has 0 aliphatic carbocycles. The molecule has 1 aromatic rings. The second kappa shape index (κ2) is 4.54. The molecule has 0 spiro atoms. The van der Waals surface area contributed by atoms with Crippen molar-refractivity contribution in [2.45, 2.75) is 19.9 Å². The van der Waals surface area contributed by atoms with Gasteiger partial charge in [-0.25, -0.2) is 0 Å². The molecule has 1 amide bonds. The van der Waals surface area contributed by atoms with Gasteiger partial charge in [-0.3, -0.25) is 14.9 Å². The summed E-state index contributed by atoms with van der Waals surface area (Å²) in [5, 5.41) is 13.1. The zero-order valence-electron chi connectivity index (χ0n) is 8.56. The van der Waals surface area contributed by atoms with Crippen molar-refractivity contribution < 1.29 is 9.72 Å². The Morgan fingerprint density at radius 2 is 1.93 bits per heavy atom. The summed E-state index contributed by atoms with van der Waals surface area (Å²) < 4.78 is 0. The molecule has 1 rings (SSSR count). The van der Waals surface area contributed by atoms with E-state index in [0.29, 0.717) is 0 Å². The van der Waals surface area contributed by atoms with Crippen LogP contribution in [0.4, 0.5) is 5.69 Å². The van der Waals surface area contributed by atoms with Crippen molar-refractivity contribution in [2.24, 2.45) is 0 Å². The Bertz CT molecular complexity index is 373. The zero-order chi connectivity index (χ0) is 11.4. The summed E-state index contributed by atoms with van der Waals surface area (Å²) in [4.78, 5) is 20.7. The average Bonchev–Trinajstić information content (AvgIpc) is 2.17. The maximum Gasteiger partial charge on any atom is 0.269 e. The van der Waals surface area contributed by atoms with Crippen molar-refractivity contribution in [3.8, 4) is 0 Å². The third-order valence-corrected chi connectivity index (χ3v) is 2.02. The van der Waals surface area contributed by atoms with Crippen molar-refractivity contribution in [1.29, 1.82) is 0 Å². The Hall–Kier alpha value is -1.91. The Balaban J connectivity index is 2.79. The summed E-state index contributed by atoms with van der Waals surface area (Å²) in [6.45, 7) is 3.25. The Morgan fingerprint density at radius 3 is 2.33 bits per heavy atom. The van der Waals surface area contributed by atoms with Crippen molar-refractivity contribution in [3.63, 3.8) is 0 Å². The van der Waals surface area contributed by atoms with Crippen LogP contribution in [0.25, 0.3) is 0 Å². The summed E-state index contributed by atoms with van der Waals surface area (Å²) in [7, 11) is 0. The fourth-order valence-corrected chi connectivity index (χ4v) is 1.27. The van der Waals surface area contributed by atoms with E-state index in [-0.39, 0.29) is 17.6 Å². The first-order valence-corrected chi connectivity index (χ1v) is 4.52. The summed E-state index contributed by atoms with van der Waals surface area (Å²) in [6.07, 6.45) is 0. The highest BCUT2D eigenvalue weighted by Gasteiger charge is 2.09. The zero-order valence-corrected chi connectivity index (χ0v) is 8.56. The van der Waals surface area contributed by atoms with Crippen LogP contribution in [0.15, 0.2) is 24.3 Å². The van der Waals surface area contributed by atoms with Gasteiger partial charge in [-0.2, -0.15) is 0 Å². The molecule has 0 bridgehead atoms. The minimum atomic E-state index is -0.452. The van der Waals surface area contributed by atoms with Crippen molar-refractivity contribution in [3.05, 3.63) is 39.9 Å². The first-order chi connectivity index (χ1) is 7.00. The molecule has 1 aromatic carbocycles. The van der Waals surface area contributed by atoms with E-state index in [2.05, 4.69) is 5.32 Å². The quantitative estimate of drug-likeness (QED) is 0.608. The number of rotatable bonds is 3. The molecule has 0 saturated heterocycles. The third-order valence-electron chi connectivity index (χ3n) is 2.02. The van der Waals surface area contributed by atoms with E-state index >= 15 is 0 Å². The predicted octanol–water partition coefficient (Wildman–Crippen LogP) is 1.79. The third kappa shape index (κ3) is 3.05. The van der Waals surface area contributed by atoms with Gasteiger partial charge in [-0.15, -0.1) is 0 Å². The first-order valence-electron chi connectivity index (χ1n) is 4.52. The summed E-state index contributed by atoms with van der Waals surface area (Å²) in [5.74, 6) is -0.124. The van der Waals surface area contributed by atoms with Gasteiger partial charge in [0, 0.05) is 19.1 Å². The Labute approximate surface area is 87.3 Å². The molecule has 15 heavy (non-hydrogen) atoms. The lowest BCUT2D eigenvalue weighted by Crippen LogP contribution is -2.23. The van der Waals surface area contributed by atoms with Crippen LogP contribution in [-0.2, 0) is 4.79 Å². The molecule has 0 aromatic heterocycles. The summed E-state index contributed by atoms with van der Waals surface area (Å²) in [6, 6.07) is 5.99. The van der Waals surface area contributed by atoms with Crippen LogP contribution in [-0.4, -0.2) is 10.8 Å². The molecular weight excluding hydrogens is 196 g/mol. The van der Waals surface area contributed by atoms with Crippen molar-refractivity contribution >= 4 is 11.6 Å². The fourth-order valence-electron chi connectivity index (χ4n) is 1.27. The number of hydrogen-bond donors (Lipinski definition) is 1. The van der Waals surface area contributed by atoms with Crippen LogP contribution >= 0.6 is 0 Å². The summed E-state index contributed by atoms with van der Waals surface area (Å²) >= 11 is 0. The molecule has 1 atom stereocenters. The van der Waals surface area contributed by atoms with Crippen LogP contribution in [0.1, 0.15) is 25.5 Å². The SMILES string of the molecule is CC(=O)N[C@@H](C)c1ccc([N+](=O)[O-])cc1. The van der Waals surface area contributed by atoms with Gasteiger partial charge >= 0.3 is 0 Å². The molecule has 5 heteroatoms. The lowest BCUT2D eigenvalue weighted by Gasteiger charge is -2.12. The molecule has 0 fully saturated rings. The van der Waals surface area contributed by atoms with Gasteiger partial charge in [0.2, 0.25) is 5.91 Å². The minimum Gasteiger partial charge on any atom is -0.350 e. The second-order valence-electron chi connectivity index (χ2n) is 3.27. The van der Waals surface area contributed by atoms with Gasteiger partial charge in [-0.05, 0) is 12.5 Å². The van der Waals surface area contributed by atoms with E-state index < -0.39 is 4.92 Å². The summed E-state index contributed by atoms with van der Waals surface area (Å²) in [5.41, 5.74) is 0.893. The second-order valence-corrected chi connectivity index (χ2v) is 3.27. The average molecular weight is 208 g/mol. The monoisotopic (exact) mass is 208 g/mol. The molecule has 0 heterocycles. The lowest BCUT2D eigenvalue weighted by atomic mass is 10.1. The number of amides is 1. The Morgan fingerprint density at radius 1 is 1.40 bits per heavy atom. The maximum absolute atomic E-state index is 10.8. The van der Waals surface area contributed by atoms with Crippen LogP contribution in [0.3, 0.4) is 0 Å². The standard InChI is InChI=1S/C10H12N2O3/c1-7(11-8(2)13)9-3-5-10(6-4-9)12(14)15/h3-7H,1-2H3,(H,11,13)/t7-/m0/s1.